The van der Waals surface area contributed by atoms with E-state index in [4.69, 9.17) is 14.2 Å². The molecule has 0 saturated heterocycles. The molecule has 0 aliphatic heterocycles. The van der Waals surface area contributed by atoms with Crippen LogP contribution in [0.1, 0.15) is 20.7 Å². The van der Waals surface area contributed by atoms with E-state index in [1.165, 1.54) is 7.11 Å². The van der Waals surface area contributed by atoms with E-state index in [2.05, 4.69) is 5.32 Å². The largest absolute Gasteiger partial charge is 0.497 e. The molecule has 3 aromatic rings. The van der Waals surface area contributed by atoms with E-state index < -0.39 is 5.97 Å². The number of nitrogens with one attached hydrogen (secondary N) is 1. The van der Waals surface area contributed by atoms with Gasteiger partial charge in [-0.25, -0.2) is 4.79 Å². The number of rotatable bonds is 6. The van der Waals surface area contributed by atoms with Crippen LogP contribution in [0.2, 0.25) is 0 Å². The summed E-state index contributed by atoms with van der Waals surface area (Å²) < 4.78 is 15.6. The van der Waals surface area contributed by atoms with Gasteiger partial charge in [0.25, 0.3) is 5.91 Å². The molecule has 0 unspecified atom stereocenters. The molecule has 0 heterocycles. The van der Waals surface area contributed by atoms with Crippen molar-refractivity contribution in [3.05, 3.63) is 83.9 Å². The smallest absolute Gasteiger partial charge is 0.339 e. The van der Waals surface area contributed by atoms with Crippen LogP contribution in [0.4, 0.5) is 5.69 Å². The number of amides is 1. The Balaban J connectivity index is 1.69. The van der Waals surface area contributed by atoms with Crippen LogP contribution < -0.4 is 14.8 Å². The van der Waals surface area contributed by atoms with Gasteiger partial charge in [0.2, 0.25) is 0 Å². The Morgan fingerprint density at radius 3 is 1.93 bits per heavy atom. The van der Waals surface area contributed by atoms with Gasteiger partial charge in [-0.15, -0.1) is 0 Å². The van der Waals surface area contributed by atoms with E-state index in [1.54, 1.807) is 79.9 Å². The summed E-state index contributed by atoms with van der Waals surface area (Å²) in [6.45, 7) is 0. The number of methoxy groups -OCH3 is 2. The molecule has 0 atom stereocenters. The third kappa shape index (κ3) is 4.48. The average Bonchev–Trinajstić information content (AvgIpc) is 2.74. The first-order valence-corrected chi connectivity index (χ1v) is 8.51. The van der Waals surface area contributed by atoms with Gasteiger partial charge in [0.05, 0.1) is 25.5 Å². The lowest BCUT2D eigenvalue weighted by Crippen LogP contribution is -2.15. The fourth-order valence-corrected chi connectivity index (χ4v) is 2.53. The molecule has 6 heteroatoms. The number of anilines is 1. The number of hydrogen-bond donors (Lipinski definition) is 1. The highest BCUT2D eigenvalue weighted by molar-refractivity contribution is 6.08. The topological polar surface area (TPSA) is 73.9 Å². The first-order valence-electron chi connectivity index (χ1n) is 8.51. The number of para-hydroxylation sites is 1. The summed E-state index contributed by atoms with van der Waals surface area (Å²) in [5.41, 5.74) is 1.11. The van der Waals surface area contributed by atoms with Crippen LogP contribution in [0.15, 0.2) is 72.8 Å². The van der Waals surface area contributed by atoms with Crippen LogP contribution in [-0.4, -0.2) is 26.1 Å². The molecular formula is C22H19NO5. The van der Waals surface area contributed by atoms with E-state index in [9.17, 15) is 9.59 Å². The zero-order chi connectivity index (χ0) is 19.9. The highest BCUT2D eigenvalue weighted by Gasteiger charge is 2.14. The number of hydrogen-bond acceptors (Lipinski definition) is 5. The van der Waals surface area contributed by atoms with Crippen LogP contribution in [0, 0.1) is 0 Å². The summed E-state index contributed by atoms with van der Waals surface area (Å²) >= 11 is 0. The average molecular weight is 377 g/mol. The van der Waals surface area contributed by atoms with Gasteiger partial charge < -0.3 is 19.5 Å². The molecule has 0 saturated carbocycles. The third-order valence-electron chi connectivity index (χ3n) is 3.99. The van der Waals surface area contributed by atoms with Crippen molar-refractivity contribution in [2.45, 2.75) is 0 Å². The number of benzene rings is 3. The minimum absolute atomic E-state index is 0.290. The number of ether oxygens (including phenoxy) is 3. The molecule has 3 rings (SSSR count). The first-order chi connectivity index (χ1) is 13.6. The minimum atomic E-state index is -0.515. The molecular weight excluding hydrogens is 358 g/mol. The summed E-state index contributed by atoms with van der Waals surface area (Å²) in [7, 11) is 2.89. The van der Waals surface area contributed by atoms with Gasteiger partial charge in [-0.05, 0) is 60.7 Å². The van der Waals surface area contributed by atoms with Gasteiger partial charge in [-0.2, -0.15) is 0 Å². The van der Waals surface area contributed by atoms with Crippen LogP contribution in [-0.2, 0) is 4.74 Å². The normalized spacial score (nSPS) is 10.1. The quantitative estimate of drug-likeness (QED) is 0.639. The Hall–Kier alpha value is -3.80. The van der Waals surface area contributed by atoms with Gasteiger partial charge >= 0.3 is 5.97 Å². The standard InChI is InChI=1S/C22H19NO5/c1-26-16-11-13-18(14-12-16)28-17-9-7-15(8-10-17)21(24)23-20-6-4-3-5-19(20)22(25)27-2/h3-14H,1-2H3,(H,23,24). The van der Waals surface area contributed by atoms with Crippen LogP contribution in [0.5, 0.6) is 17.2 Å². The Kier molecular flexibility index (Phi) is 5.91. The van der Waals surface area contributed by atoms with E-state index in [-0.39, 0.29) is 11.5 Å². The molecule has 142 valence electrons. The van der Waals surface area contributed by atoms with Gasteiger partial charge in [-0.1, -0.05) is 12.1 Å². The van der Waals surface area contributed by atoms with Crippen LogP contribution in [0.25, 0.3) is 0 Å². The molecule has 0 spiro atoms. The molecule has 0 radical (unpaired) electrons. The van der Waals surface area contributed by atoms with Crippen LogP contribution >= 0.6 is 0 Å². The van der Waals surface area contributed by atoms with Crippen molar-refractivity contribution < 1.29 is 23.8 Å². The van der Waals surface area contributed by atoms with E-state index in [1.807, 2.05) is 0 Å². The lowest BCUT2D eigenvalue weighted by molar-refractivity contribution is 0.0602. The summed E-state index contributed by atoms with van der Waals surface area (Å²) in [6, 6.07) is 20.6. The highest BCUT2D eigenvalue weighted by atomic mass is 16.5. The minimum Gasteiger partial charge on any atom is -0.497 e. The zero-order valence-electron chi connectivity index (χ0n) is 15.5. The van der Waals surface area contributed by atoms with Crippen molar-refractivity contribution in [1.82, 2.24) is 0 Å². The van der Waals surface area contributed by atoms with Crippen molar-refractivity contribution in [1.29, 1.82) is 0 Å². The molecule has 1 amide bonds. The Bertz CT molecular complexity index is 965. The number of carbonyl (C=O) groups is 2. The second-order valence-corrected chi connectivity index (χ2v) is 5.79. The Labute approximate surface area is 162 Å². The van der Waals surface area contributed by atoms with Crippen molar-refractivity contribution in [3.63, 3.8) is 0 Å². The molecule has 1 N–H and O–H groups in total. The second-order valence-electron chi connectivity index (χ2n) is 5.79. The van der Waals surface area contributed by atoms with Crippen molar-refractivity contribution in [2.24, 2.45) is 0 Å². The maximum atomic E-state index is 12.5. The molecule has 0 bridgehead atoms. The molecule has 3 aromatic carbocycles. The zero-order valence-corrected chi connectivity index (χ0v) is 15.5. The molecule has 0 aliphatic carbocycles. The summed E-state index contributed by atoms with van der Waals surface area (Å²) in [5.74, 6) is 1.14. The van der Waals surface area contributed by atoms with Gasteiger partial charge in [-0.3, -0.25) is 4.79 Å². The molecule has 0 aliphatic rings. The summed E-state index contributed by atoms with van der Waals surface area (Å²) in [5, 5.41) is 2.73. The molecule has 0 fully saturated rings. The maximum Gasteiger partial charge on any atom is 0.339 e. The predicted octanol–water partition coefficient (Wildman–Crippen LogP) is 4.53. The van der Waals surface area contributed by atoms with Gasteiger partial charge in [0.1, 0.15) is 17.2 Å². The summed E-state index contributed by atoms with van der Waals surface area (Å²) in [4.78, 5) is 24.3. The SMILES string of the molecule is COC(=O)c1ccccc1NC(=O)c1ccc(Oc2ccc(OC)cc2)cc1. The van der Waals surface area contributed by atoms with E-state index >= 15 is 0 Å². The van der Waals surface area contributed by atoms with Gasteiger partial charge in [0.15, 0.2) is 0 Å². The first kappa shape index (κ1) is 19.0. The molecule has 0 aromatic heterocycles. The predicted molar refractivity (Wildman–Crippen MR) is 105 cm³/mol. The molecule has 6 nitrogen and oxygen atoms in total. The van der Waals surface area contributed by atoms with E-state index in [0.29, 0.717) is 22.7 Å². The van der Waals surface area contributed by atoms with E-state index in [0.717, 1.165) is 5.75 Å². The lowest BCUT2D eigenvalue weighted by Gasteiger charge is -2.10. The second kappa shape index (κ2) is 8.73. The van der Waals surface area contributed by atoms with Crippen molar-refractivity contribution in [2.75, 3.05) is 19.5 Å². The number of carbonyl (C=O) groups excluding carboxylic acids is 2. The highest BCUT2D eigenvalue weighted by Crippen LogP contribution is 2.24. The monoisotopic (exact) mass is 377 g/mol. The third-order valence-corrected chi connectivity index (χ3v) is 3.99. The van der Waals surface area contributed by atoms with Gasteiger partial charge in [0, 0.05) is 5.56 Å². The molecule has 28 heavy (non-hydrogen) atoms. The fourth-order valence-electron chi connectivity index (χ4n) is 2.53. The number of esters is 1. The Morgan fingerprint density at radius 2 is 1.32 bits per heavy atom. The fraction of sp³-hybridized carbons (Fsp3) is 0.0909. The van der Waals surface area contributed by atoms with Crippen LogP contribution in [0.3, 0.4) is 0 Å². The van der Waals surface area contributed by atoms with Crippen molar-refractivity contribution >= 4 is 17.6 Å². The summed E-state index contributed by atoms with van der Waals surface area (Å²) in [6.07, 6.45) is 0. The Morgan fingerprint density at radius 1 is 0.750 bits per heavy atom. The maximum absolute atomic E-state index is 12.5. The lowest BCUT2D eigenvalue weighted by atomic mass is 10.1. The van der Waals surface area contributed by atoms with Crippen molar-refractivity contribution in [3.8, 4) is 17.2 Å².